The van der Waals surface area contributed by atoms with Crippen LogP contribution in [0.15, 0.2) is 18.2 Å². The second kappa shape index (κ2) is 5.94. The van der Waals surface area contributed by atoms with E-state index >= 15 is 0 Å². The molecule has 1 aromatic rings. The number of carbonyl (C=O) groups excluding carboxylic acids is 1. The van der Waals surface area contributed by atoms with Crippen LogP contribution in [-0.4, -0.2) is 41.4 Å². The Morgan fingerprint density at radius 3 is 2.70 bits per heavy atom. The van der Waals surface area contributed by atoms with E-state index in [0.29, 0.717) is 5.91 Å². The molecule has 0 radical (unpaired) electrons. The highest BCUT2D eigenvalue weighted by atomic mass is 16.2. The van der Waals surface area contributed by atoms with Gasteiger partial charge in [0.05, 0.1) is 0 Å². The van der Waals surface area contributed by atoms with E-state index in [2.05, 4.69) is 28.0 Å². The van der Waals surface area contributed by atoms with Crippen LogP contribution in [0.5, 0.6) is 0 Å². The van der Waals surface area contributed by atoms with Crippen LogP contribution in [0.1, 0.15) is 55.2 Å². The molecule has 2 aliphatic heterocycles. The SMILES string of the molecule is CN1C(=O)CC[C@@]12CCCN(Cc1ccc3c(c1)CCC3)CC2. The van der Waals surface area contributed by atoms with Gasteiger partial charge in [0, 0.05) is 32.1 Å². The van der Waals surface area contributed by atoms with Gasteiger partial charge in [0.2, 0.25) is 5.91 Å². The number of benzene rings is 1. The molecule has 1 atom stereocenters. The molecular formula is C20H28N2O. The number of likely N-dealkylation sites (tertiary alicyclic amines) is 2. The molecule has 1 aliphatic carbocycles. The summed E-state index contributed by atoms with van der Waals surface area (Å²) >= 11 is 0. The highest BCUT2D eigenvalue weighted by Crippen LogP contribution is 2.38. The predicted molar refractivity (Wildman–Crippen MR) is 92.3 cm³/mol. The lowest BCUT2D eigenvalue weighted by Crippen LogP contribution is -2.43. The molecule has 124 valence electrons. The molecule has 0 aromatic heterocycles. The normalized spacial score (nSPS) is 28.4. The van der Waals surface area contributed by atoms with E-state index < -0.39 is 0 Å². The van der Waals surface area contributed by atoms with E-state index in [1.165, 1.54) is 44.2 Å². The van der Waals surface area contributed by atoms with Crippen LogP contribution in [0.3, 0.4) is 0 Å². The molecule has 23 heavy (non-hydrogen) atoms. The summed E-state index contributed by atoms with van der Waals surface area (Å²) in [5.41, 5.74) is 4.77. The topological polar surface area (TPSA) is 23.6 Å². The van der Waals surface area contributed by atoms with Crippen molar-refractivity contribution in [3.8, 4) is 0 Å². The number of hydrogen-bond donors (Lipinski definition) is 0. The Morgan fingerprint density at radius 1 is 1.00 bits per heavy atom. The Bertz CT molecular complexity index is 612. The molecule has 2 fully saturated rings. The van der Waals surface area contributed by atoms with Gasteiger partial charge >= 0.3 is 0 Å². The van der Waals surface area contributed by atoms with Crippen molar-refractivity contribution in [2.75, 3.05) is 20.1 Å². The Morgan fingerprint density at radius 2 is 1.87 bits per heavy atom. The molecule has 0 N–H and O–H groups in total. The number of amides is 1. The lowest BCUT2D eigenvalue weighted by molar-refractivity contribution is -0.129. The van der Waals surface area contributed by atoms with E-state index in [0.717, 1.165) is 32.4 Å². The van der Waals surface area contributed by atoms with Crippen LogP contribution in [0.2, 0.25) is 0 Å². The molecule has 0 saturated carbocycles. The van der Waals surface area contributed by atoms with Crippen LogP contribution in [0.25, 0.3) is 0 Å². The van der Waals surface area contributed by atoms with Crippen molar-refractivity contribution in [1.82, 2.24) is 9.80 Å². The molecule has 2 heterocycles. The summed E-state index contributed by atoms with van der Waals surface area (Å²) < 4.78 is 0. The number of carbonyl (C=O) groups is 1. The quantitative estimate of drug-likeness (QED) is 0.837. The first kappa shape index (κ1) is 15.2. The Labute approximate surface area is 139 Å². The molecule has 3 nitrogen and oxygen atoms in total. The summed E-state index contributed by atoms with van der Waals surface area (Å²) in [5.74, 6) is 0.345. The van der Waals surface area contributed by atoms with Gasteiger partial charge in [-0.05, 0) is 68.2 Å². The lowest BCUT2D eigenvalue weighted by Gasteiger charge is -2.35. The van der Waals surface area contributed by atoms with Crippen molar-refractivity contribution in [1.29, 1.82) is 0 Å². The third-order valence-corrected chi connectivity index (χ3v) is 6.47. The fourth-order valence-electron chi connectivity index (χ4n) is 4.90. The average Bonchev–Trinajstić information content (AvgIpc) is 3.05. The molecule has 1 amide bonds. The third-order valence-electron chi connectivity index (χ3n) is 6.47. The highest BCUT2D eigenvalue weighted by Gasteiger charge is 2.43. The van der Waals surface area contributed by atoms with Gasteiger partial charge in [-0.15, -0.1) is 0 Å². The first-order chi connectivity index (χ1) is 11.2. The molecule has 4 rings (SSSR count). The highest BCUT2D eigenvalue weighted by molar-refractivity contribution is 5.79. The van der Waals surface area contributed by atoms with Crippen LogP contribution in [0.4, 0.5) is 0 Å². The monoisotopic (exact) mass is 312 g/mol. The summed E-state index contributed by atoms with van der Waals surface area (Å²) in [6, 6.07) is 7.12. The maximum atomic E-state index is 12.0. The smallest absolute Gasteiger partial charge is 0.222 e. The minimum absolute atomic E-state index is 0.157. The summed E-state index contributed by atoms with van der Waals surface area (Å²) in [4.78, 5) is 16.6. The van der Waals surface area contributed by atoms with Crippen molar-refractivity contribution in [2.24, 2.45) is 0 Å². The molecule has 0 bridgehead atoms. The van der Waals surface area contributed by atoms with Crippen molar-refractivity contribution in [2.45, 2.75) is 63.5 Å². The minimum atomic E-state index is 0.157. The minimum Gasteiger partial charge on any atom is -0.340 e. The maximum Gasteiger partial charge on any atom is 0.222 e. The largest absolute Gasteiger partial charge is 0.340 e. The van der Waals surface area contributed by atoms with Crippen molar-refractivity contribution in [3.63, 3.8) is 0 Å². The Balaban J connectivity index is 1.42. The van der Waals surface area contributed by atoms with Gasteiger partial charge in [-0.25, -0.2) is 0 Å². The van der Waals surface area contributed by atoms with E-state index in [-0.39, 0.29) is 5.54 Å². The summed E-state index contributed by atoms with van der Waals surface area (Å²) in [6.07, 6.45) is 9.20. The van der Waals surface area contributed by atoms with Crippen molar-refractivity contribution in [3.05, 3.63) is 34.9 Å². The van der Waals surface area contributed by atoms with Gasteiger partial charge in [0.15, 0.2) is 0 Å². The molecule has 0 unspecified atom stereocenters. The Hall–Kier alpha value is -1.35. The molecule has 3 heteroatoms. The predicted octanol–water partition coefficient (Wildman–Crippen LogP) is 3.15. The van der Waals surface area contributed by atoms with Crippen molar-refractivity contribution >= 4 is 5.91 Å². The fraction of sp³-hybridized carbons (Fsp3) is 0.650. The number of rotatable bonds is 2. The molecular weight excluding hydrogens is 284 g/mol. The van der Waals surface area contributed by atoms with Crippen LogP contribution in [-0.2, 0) is 24.2 Å². The summed E-state index contributed by atoms with van der Waals surface area (Å²) in [6.45, 7) is 3.36. The van der Waals surface area contributed by atoms with Crippen LogP contribution >= 0.6 is 0 Å². The molecule has 1 spiro atoms. The second-order valence-corrected chi connectivity index (χ2v) is 7.76. The lowest BCUT2D eigenvalue weighted by atomic mass is 9.88. The van der Waals surface area contributed by atoms with E-state index in [1.54, 1.807) is 11.1 Å². The van der Waals surface area contributed by atoms with Crippen molar-refractivity contribution < 1.29 is 4.79 Å². The molecule has 3 aliphatic rings. The molecule has 1 aromatic carbocycles. The van der Waals surface area contributed by atoms with Gasteiger partial charge in [0.25, 0.3) is 0 Å². The van der Waals surface area contributed by atoms with E-state index in [1.807, 2.05) is 7.05 Å². The number of fused-ring (bicyclic) bond motifs is 1. The second-order valence-electron chi connectivity index (χ2n) is 7.76. The van der Waals surface area contributed by atoms with Crippen LogP contribution < -0.4 is 0 Å². The molecule has 2 saturated heterocycles. The summed E-state index contributed by atoms with van der Waals surface area (Å²) in [7, 11) is 2.02. The van der Waals surface area contributed by atoms with E-state index in [9.17, 15) is 4.79 Å². The van der Waals surface area contributed by atoms with Gasteiger partial charge in [0.1, 0.15) is 0 Å². The van der Waals surface area contributed by atoms with Gasteiger partial charge in [-0.2, -0.15) is 0 Å². The maximum absolute atomic E-state index is 12.0. The first-order valence-corrected chi connectivity index (χ1v) is 9.26. The number of aryl methyl sites for hydroxylation is 2. The Kier molecular flexibility index (Phi) is 3.92. The van der Waals surface area contributed by atoms with E-state index in [4.69, 9.17) is 0 Å². The van der Waals surface area contributed by atoms with Gasteiger partial charge in [-0.3, -0.25) is 9.69 Å². The number of hydrogen-bond acceptors (Lipinski definition) is 2. The zero-order valence-electron chi connectivity index (χ0n) is 14.3. The van der Waals surface area contributed by atoms with Crippen LogP contribution in [0, 0.1) is 0 Å². The average molecular weight is 312 g/mol. The van der Waals surface area contributed by atoms with Gasteiger partial charge in [-0.1, -0.05) is 18.2 Å². The standard InChI is InChI=1S/C20H28N2O/c1-21-19(23)8-10-20(21)9-3-12-22(13-11-20)15-16-6-7-17-4-2-5-18(17)14-16/h6-7,14H,2-5,8-13,15H2,1H3/t20-/m1/s1. The fourth-order valence-corrected chi connectivity index (χ4v) is 4.90. The number of nitrogens with zero attached hydrogens (tertiary/aromatic N) is 2. The first-order valence-electron chi connectivity index (χ1n) is 9.26. The summed E-state index contributed by atoms with van der Waals surface area (Å²) in [5, 5.41) is 0. The zero-order chi connectivity index (χ0) is 15.9. The third kappa shape index (κ3) is 2.80. The zero-order valence-corrected chi connectivity index (χ0v) is 14.3. The van der Waals surface area contributed by atoms with Gasteiger partial charge < -0.3 is 4.90 Å².